The number of benzene rings is 2. The lowest BCUT2D eigenvalue weighted by Gasteiger charge is -2.08. The van der Waals surface area contributed by atoms with Crippen LogP contribution in [0.25, 0.3) is 11.3 Å². The first-order valence-electron chi connectivity index (χ1n) is 8.42. The van der Waals surface area contributed by atoms with Gasteiger partial charge >= 0.3 is 0 Å². The molecule has 1 heterocycles. The van der Waals surface area contributed by atoms with Crippen molar-refractivity contribution in [3.63, 3.8) is 0 Å². The molecule has 132 valence electrons. The third kappa shape index (κ3) is 4.49. The van der Waals surface area contributed by atoms with Crippen LogP contribution in [0.2, 0.25) is 0 Å². The van der Waals surface area contributed by atoms with E-state index < -0.39 is 0 Å². The summed E-state index contributed by atoms with van der Waals surface area (Å²) in [5, 5.41) is 3.52. The van der Waals surface area contributed by atoms with E-state index in [9.17, 15) is 4.79 Å². The van der Waals surface area contributed by atoms with Crippen LogP contribution in [0.15, 0.2) is 59.9 Å². The second-order valence-electron chi connectivity index (χ2n) is 6.18. The van der Waals surface area contributed by atoms with Gasteiger partial charge in [-0.1, -0.05) is 42.1 Å². The zero-order chi connectivity index (χ0) is 18.5. The highest BCUT2D eigenvalue weighted by Gasteiger charge is 2.08. The number of anilines is 1. The van der Waals surface area contributed by atoms with Crippen molar-refractivity contribution >= 4 is 23.4 Å². The number of hydrogen-bond donors (Lipinski definition) is 1. The van der Waals surface area contributed by atoms with E-state index in [1.807, 2.05) is 37.3 Å². The summed E-state index contributed by atoms with van der Waals surface area (Å²) in [5.74, 6) is 0.203. The van der Waals surface area contributed by atoms with E-state index >= 15 is 0 Å². The summed E-state index contributed by atoms with van der Waals surface area (Å²) in [6, 6.07) is 15.9. The fourth-order valence-corrected chi connectivity index (χ4v) is 3.13. The van der Waals surface area contributed by atoms with Gasteiger partial charge < -0.3 is 5.32 Å². The van der Waals surface area contributed by atoms with Crippen molar-refractivity contribution in [2.45, 2.75) is 25.9 Å². The standard InChI is InChI=1S/C21H21N3OS/c1-14-8-9-17(12-16(14)3)19-10-11-22-21(24-19)26-13-20(25)23-18-7-5-4-6-15(18)2/h4-12H,13H2,1-3H3,(H,23,25). The van der Waals surface area contributed by atoms with Crippen molar-refractivity contribution in [3.05, 3.63) is 71.4 Å². The highest BCUT2D eigenvalue weighted by atomic mass is 32.2. The molecule has 1 amide bonds. The van der Waals surface area contributed by atoms with Crippen LogP contribution < -0.4 is 5.32 Å². The molecule has 3 aromatic rings. The first-order chi connectivity index (χ1) is 12.5. The third-order valence-electron chi connectivity index (χ3n) is 4.19. The Morgan fingerprint density at radius 3 is 2.58 bits per heavy atom. The van der Waals surface area contributed by atoms with E-state index in [2.05, 4.69) is 47.3 Å². The predicted octanol–water partition coefficient (Wildman–Crippen LogP) is 4.80. The number of para-hydroxylation sites is 1. The second-order valence-corrected chi connectivity index (χ2v) is 7.12. The van der Waals surface area contributed by atoms with Crippen molar-refractivity contribution in [2.75, 3.05) is 11.1 Å². The summed E-state index contributed by atoms with van der Waals surface area (Å²) in [6.45, 7) is 6.15. The number of carbonyl (C=O) groups excluding carboxylic acids is 1. The lowest BCUT2D eigenvalue weighted by atomic mass is 10.0. The Bertz CT molecular complexity index is 940. The Morgan fingerprint density at radius 2 is 1.81 bits per heavy atom. The van der Waals surface area contributed by atoms with Crippen LogP contribution in [0.4, 0.5) is 5.69 Å². The van der Waals surface area contributed by atoms with Gasteiger partial charge in [-0.2, -0.15) is 0 Å². The number of nitrogens with zero attached hydrogens (tertiary/aromatic N) is 2. The number of carbonyl (C=O) groups is 1. The molecular formula is C21H21N3OS. The number of aromatic nitrogens is 2. The summed E-state index contributed by atoms with van der Waals surface area (Å²) in [6.07, 6.45) is 1.74. The van der Waals surface area contributed by atoms with E-state index in [-0.39, 0.29) is 11.7 Å². The van der Waals surface area contributed by atoms with Crippen molar-refractivity contribution < 1.29 is 4.79 Å². The number of amides is 1. The lowest BCUT2D eigenvalue weighted by Crippen LogP contribution is -2.15. The van der Waals surface area contributed by atoms with Gasteiger partial charge in [0.2, 0.25) is 5.91 Å². The van der Waals surface area contributed by atoms with Gasteiger partial charge in [-0.25, -0.2) is 9.97 Å². The molecule has 0 aliphatic rings. The first-order valence-corrected chi connectivity index (χ1v) is 9.40. The monoisotopic (exact) mass is 363 g/mol. The van der Waals surface area contributed by atoms with Crippen LogP contribution in [0.3, 0.4) is 0 Å². The molecule has 3 rings (SSSR count). The summed E-state index contributed by atoms with van der Waals surface area (Å²) in [4.78, 5) is 21.0. The molecule has 0 atom stereocenters. The molecular weight excluding hydrogens is 342 g/mol. The van der Waals surface area contributed by atoms with Gasteiger partial charge in [0.15, 0.2) is 5.16 Å². The van der Waals surface area contributed by atoms with E-state index in [1.54, 1.807) is 6.20 Å². The molecule has 0 aliphatic heterocycles. The molecule has 0 saturated carbocycles. The molecule has 5 heteroatoms. The van der Waals surface area contributed by atoms with Gasteiger partial charge in [-0.05, 0) is 55.7 Å². The highest BCUT2D eigenvalue weighted by Crippen LogP contribution is 2.23. The maximum Gasteiger partial charge on any atom is 0.234 e. The Labute approximate surface area is 158 Å². The van der Waals surface area contributed by atoms with Gasteiger partial charge in [0.25, 0.3) is 0 Å². The highest BCUT2D eigenvalue weighted by molar-refractivity contribution is 7.99. The Balaban J connectivity index is 1.66. The van der Waals surface area contributed by atoms with Crippen LogP contribution in [0.1, 0.15) is 16.7 Å². The first kappa shape index (κ1) is 18.1. The molecule has 26 heavy (non-hydrogen) atoms. The van der Waals surface area contributed by atoms with E-state index in [1.165, 1.54) is 22.9 Å². The zero-order valence-corrected chi connectivity index (χ0v) is 15.9. The van der Waals surface area contributed by atoms with Gasteiger partial charge in [0, 0.05) is 17.4 Å². The average Bonchev–Trinajstić information content (AvgIpc) is 2.64. The maximum atomic E-state index is 12.2. The summed E-state index contributed by atoms with van der Waals surface area (Å²) in [5.41, 5.74) is 6.28. The van der Waals surface area contributed by atoms with E-state index in [0.717, 1.165) is 22.5 Å². The van der Waals surface area contributed by atoms with Crippen LogP contribution in [0, 0.1) is 20.8 Å². The molecule has 0 fully saturated rings. The fraction of sp³-hybridized carbons (Fsp3) is 0.190. The maximum absolute atomic E-state index is 12.2. The van der Waals surface area contributed by atoms with Crippen LogP contribution in [-0.4, -0.2) is 21.6 Å². The predicted molar refractivity (Wildman–Crippen MR) is 107 cm³/mol. The average molecular weight is 363 g/mol. The minimum absolute atomic E-state index is 0.0653. The van der Waals surface area contributed by atoms with Crippen LogP contribution >= 0.6 is 11.8 Å². The Morgan fingerprint density at radius 1 is 1.00 bits per heavy atom. The number of rotatable bonds is 5. The molecule has 0 bridgehead atoms. The molecule has 0 aliphatic carbocycles. The molecule has 0 saturated heterocycles. The normalized spacial score (nSPS) is 10.6. The topological polar surface area (TPSA) is 54.9 Å². The van der Waals surface area contributed by atoms with Crippen molar-refractivity contribution in [1.82, 2.24) is 9.97 Å². The fourth-order valence-electron chi connectivity index (χ4n) is 2.50. The largest absolute Gasteiger partial charge is 0.325 e. The summed E-state index contributed by atoms with van der Waals surface area (Å²) >= 11 is 1.34. The molecule has 1 aromatic heterocycles. The van der Waals surface area contributed by atoms with Crippen molar-refractivity contribution in [1.29, 1.82) is 0 Å². The molecule has 0 spiro atoms. The van der Waals surface area contributed by atoms with Gasteiger partial charge in [0.1, 0.15) is 0 Å². The smallest absolute Gasteiger partial charge is 0.234 e. The van der Waals surface area contributed by atoms with Gasteiger partial charge in [0.05, 0.1) is 11.4 Å². The van der Waals surface area contributed by atoms with Gasteiger partial charge in [-0.15, -0.1) is 0 Å². The minimum atomic E-state index is -0.0653. The number of hydrogen-bond acceptors (Lipinski definition) is 4. The molecule has 1 N–H and O–H groups in total. The number of nitrogens with one attached hydrogen (secondary N) is 1. The molecule has 2 aromatic carbocycles. The van der Waals surface area contributed by atoms with Crippen molar-refractivity contribution in [2.24, 2.45) is 0 Å². The second kappa shape index (κ2) is 8.15. The number of thioether (sulfide) groups is 1. The lowest BCUT2D eigenvalue weighted by molar-refractivity contribution is -0.113. The zero-order valence-electron chi connectivity index (χ0n) is 15.1. The van der Waals surface area contributed by atoms with Crippen molar-refractivity contribution in [3.8, 4) is 11.3 Å². The summed E-state index contributed by atoms with van der Waals surface area (Å²) in [7, 11) is 0. The number of aryl methyl sites for hydroxylation is 3. The minimum Gasteiger partial charge on any atom is -0.325 e. The molecule has 4 nitrogen and oxygen atoms in total. The quantitative estimate of drug-likeness (QED) is 0.522. The van der Waals surface area contributed by atoms with Crippen LogP contribution in [-0.2, 0) is 4.79 Å². The van der Waals surface area contributed by atoms with Crippen LogP contribution in [0.5, 0.6) is 0 Å². The molecule has 0 radical (unpaired) electrons. The van der Waals surface area contributed by atoms with Gasteiger partial charge in [-0.3, -0.25) is 4.79 Å². The third-order valence-corrected chi connectivity index (χ3v) is 5.05. The van der Waals surface area contributed by atoms with E-state index in [0.29, 0.717) is 5.16 Å². The summed E-state index contributed by atoms with van der Waals surface area (Å²) < 4.78 is 0. The Kier molecular flexibility index (Phi) is 5.68. The van der Waals surface area contributed by atoms with E-state index in [4.69, 9.17) is 0 Å². The Hall–Kier alpha value is -2.66. The SMILES string of the molecule is Cc1ccc(-c2ccnc(SCC(=O)Nc3ccccc3C)n2)cc1C. The molecule has 0 unspecified atom stereocenters.